The van der Waals surface area contributed by atoms with Crippen LogP contribution >= 0.6 is 0 Å². The minimum Gasteiger partial charge on any atom is -0.307 e. The lowest BCUT2D eigenvalue weighted by Gasteiger charge is -2.17. The van der Waals surface area contributed by atoms with Crippen LogP contribution in [0.4, 0.5) is 15.8 Å². The van der Waals surface area contributed by atoms with E-state index in [9.17, 15) is 19.3 Å². The van der Waals surface area contributed by atoms with Crippen LogP contribution in [-0.4, -0.2) is 17.4 Å². The number of halogens is 1. The molecule has 3 rings (SSSR count). The number of benzene rings is 2. The maximum atomic E-state index is 13.6. The van der Waals surface area contributed by atoms with E-state index in [-0.39, 0.29) is 17.2 Å². The quantitative estimate of drug-likeness (QED) is 0.631. The van der Waals surface area contributed by atoms with Gasteiger partial charge in [-0.15, -0.1) is 0 Å². The van der Waals surface area contributed by atoms with Crippen LogP contribution in [0.15, 0.2) is 36.4 Å². The molecule has 0 fully saturated rings. The highest BCUT2D eigenvalue weighted by atomic mass is 19.1. The Morgan fingerprint density at radius 3 is 2.73 bits per heavy atom. The van der Waals surface area contributed by atoms with Crippen LogP contribution in [0.1, 0.15) is 21.5 Å². The fourth-order valence-electron chi connectivity index (χ4n) is 2.57. The zero-order valence-corrected chi connectivity index (χ0v) is 11.9. The van der Waals surface area contributed by atoms with Gasteiger partial charge >= 0.3 is 0 Å². The minimum absolute atomic E-state index is 0.0615. The van der Waals surface area contributed by atoms with Crippen LogP contribution in [0.3, 0.4) is 0 Å². The molecule has 6 heteroatoms. The number of anilines is 1. The monoisotopic (exact) mass is 300 g/mol. The van der Waals surface area contributed by atoms with E-state index in [0.717, 1.165) is 5.56 Å². The molecule has 0 aliphatic carbocycles. The van der Waals surface area contributed by atoms with E-state index >= 15 is 0 Å². The molecule has 0 N–H and O–H groups in total. The Hall–Kier alpha value is -2.76. The lowest BCUT2D eigenvalue weighted by Crippen LogP contribution is -2.29. The molecule has 2 aromatic rings. The number of hydrogen-bond donors (Lipinski definition) is 0. The van der Waals surface area contributed by atoms with Crippen molar-refractivity contribution in [2.24, 2.45) is 0 Å². The highest BCUT2D eigenvalue weighted by Gasteiger charge is 2.27. The molecular weight excluding hydrogens is 287 g/mol. The molecule has 1 heterocycles. The summed E-state index contributed by atoms with van der Waals surface area (Å²) < 4.78 is 13.6. The smallest absolute Gasteiger partial charge is 0.271 e. The van der Waals surface area contributed by atoms with Gasteiger partial charge in [-0.3, -0.25) is 14.9 Å². The molecule has 1 aliphatic heterocycles. The number of nitrogens with zero attached hydrogens (tertiary/aromatic N) is 2. The molecule has 22 heavy (non-hydrogen) atoms. The Labute approximate surface area is 126 Å². The molecule has 112 valence electrons. The summed E-state index contributed by atoms with van der Waals surface area (Å²) in [7, 11) is 0. The van der Waals surface area contributed by atoms with Crippen molar-refractivity contribution in [2.75, 3.05) is 11.4 Å². The first-order valence-electron chi connectivity index (χ1n) is 6.82. The first-order chi connectivity index (χ1) is 10.5. The normalized spacial score (nSPS) is 13.1. The summed E-state index contributed by atoms with van der Waals surface area (Å²) in [6.07, 6.45) is 0.632. The Morgan fingerprint density at radius 2 is 2.05 bits per heavy atom. The van der Waals surface area contributed by atoms with Crippen molar-refractivity contribution in [3.63, 3.8) is 0 Å². The van der Waals surface area contributed by atoms with Gasteiger partial charge in [-0.1, -0.05) is 12.1 Å². The van der Waals surface area contributed by atoms with Crippen molar-refractivity contribution >= 4 is 17.3 Å². The summed E-state index contributed by atoms with van der Waals surface area (Å²) in [5.41, 5.74) is 2.05. The van der Waals surface area contributed by atoms with Gasteiger partial charge in [-0.2, -0.15) is 0 Å². The van der Waals surface area contributed by atoms with Crippen LogP contribution in [0.2, 0.25) is 0 Å². The summed E-state index contributed by atoms with van der Waals surface area (Å²) >= 11 is 0. The number of nitro groups is 1. The van der Waals surface area contributed by atoms with Crippen molar-refractivity contribution in [1.29, 1.82) is 0 Å². The standard InChI is InChI=1S/C16H13FN2O3/c1-10-2-3-12(8-14(10)17)16(20)18-7-6-11-4-5-13(19(21)22)9-15(11)18/h2-5,8-9H,6-7H2,1H3. The van der Waals surface area contributed by atoms with E-state index in [0.29, 0.717) is 24.2 Å². The highest BCUT2D eigenvalue weighted by Crippen LogP contribution is 2.32. The maximum absolute atomic E-state index is 13.6. The van der Waals surface area contributed by atoms with Gasteiger partial charge in [0.15, 0.2) is 0 Å². The lowest BCUT2D eigenvalue weighted by molar-refractivity contribution is -0.384. The second-order valence-electron chi connectivity index (χ2n) is 5.24. The molecule has 0 bridgehead atoms. The predicted octanol–water partition coefficient (Wildman–Crippen LogP) is 3.25. The van der Waals surface area contributed by atoms with E-state index in [2.05, 4.69) is 0 Å². The lowest BCUT2D eigenvalue weighted by atomic mass is 10.1. The molecule has 0 aromatic heterocycles. The largest absolute Gasteiger partial charge is 0.307 e. The Morgan fingerprint density at radius 1 is 1.27 bits per heavy atom. The highest BCUT2D eigenvalue weighted by molar-refractivity contribution is 6.07. The van der Waals surface area contributed by atoms with Gasteiger partial charge in [-0.05, 0) is 36.6 Å². The first kappa shape index (κ1) is 14.2. The molecular formula is C16H13FN2O3. The van der Waals surface area contributed by atoms with Crippen LogP contribution in [-0.2, 0) is 6.42 Å². The zero-order valence-electron chi connectivity index (χ0n) is 11.9. The summed E-state index contributed by atoms with van der Waals surface area (Å²) in [5.74, 6) is -0.789. The Bertz CT molecular complexity index is 789. The number of non-ortho nitro benzene ring substituents is 1. The number of nitro benzene ring substituents is 1. The molecule has 1 aliphatic rings. The number of carbonyl (C=O) groups excluding carboxylic acids is 1. The summed E-state index contributed by atoms with van der Waals surface area (Å²) in [6.45, 7) is 2.06. The van der Waals surface area contributed by atoms with Gasteiger partial charge in [-0.25, -0.2) is 4.39 Å². The van der Waals surface area contributed by atoms with E-state index in [1.165, 1.54) is 23.1 Å². The molecule has 2 aromatic carbocycles. The molecule has 0 spiro atoms. The molecule has 5 nitrogen and oxygen atoms in total. The third-order valence-electron chi connectivity index (χ3n) is 3.84. The number of carbonyl (C=O) groups is 1. The van der Waals surface area contributed by atoms with E-state index in [4.69, 9.17) is 0 Å². The molecule has 0 saturated heterocycles. The van der Waals surface area contributed by atoms with Crippen molar-refractivity contribution in [2.45, 2.75) is 13.3 Å². The van der Waals surface area contributed by atoms with Crippen LogP contribution in [0, 0.1) is 22.9 Å². The summed E-state index contributed by atoms with van der Waals surface area (Å²) in [4.78, 5) is 24.4. The molecule has 0 saturated carbocycles. The predicted molar refractivity (Wildman–Crippen MR) is 79.6 cm³/mol. The van der Waals surface area contributed by atoms with Gasteiger partial charge in [0, 0.05) is 24.2 Å². The van der Waals surface area contributed by atoms with E-state index < -0.39 is 10.7 Å². The number of rotatable bonds is 2. The van der Waals surface area contributed by atoms with Crippen molar-refractivity contribution in [1.82, 2.24) is 0 Å². The Kier molecular flexibility index (Phi) is 3.36. The molecule has 1 amide bonds. The topological polar surface area (TPSA) is 63.5 Å². The molecule has 0 atom stereocenters. The fourth-order valence-corrected chi connectivity index (χ4v) is 2.57. The van der Waals surface area contributed by atoms with Crippen molar-refractivity contribution < 1.29 is 14.1 Å². The van der Waals surface area contributed by atoms with Crippen molar-refractivity contribution in [3.8, 4) is 0 Å². The van der Waals surface area contributed by atoms with Gasteiger partial charge in [0.05, 0.1) is 10.6 Å². The molecule has 0 unspecified atom stereocenters. The van der Waals surface area contributed by atoms with Crippen LogP contribution < -0.4 is 4.90 Å². The summed E-state index contributed by atoms with van der Waals surface area (Å²) in [6, 6.07) is 8.80. The average molecular weight is 300 g/mol. The second-order valence-corrected chi connectivity index (χ2v) is 5.24. The van der Waals surface area contributed by atoms with Gasteiger partial charge in [0.1, 0.15) is 5.82 Å². The third-order valence-corrected chi connectivity index (χ3v) is 3.84. The van der Waals surface area contributed by atoms with E-state index in [1.54, 1.807) is 25.1 Å². The Balaban J connectivity index is 1.98. The van der Waals surface area contributed by atoms with Gasteiger partial charge in [0.25, 0.3) is 11.6 Å². The van der Waals surface area contributed by atoms with Crippen molar-refractivity contribution in [3.05, 3.63) is 69.0 Å². The second kappa shape index (κ2) is 5.22. The fraction of sp³-hybridized carbons (Fsp3) is 0.188. The first-order valence-corrected chi connectivity index (χ1v) is 6.82. The van der Waals surface area contributed by atoms with Crippen LogP contribution in [0.5, 0.6) is 0 Å². The number of fused-ring (bicyclic) bond motifs is 1. The maximum Gasteiger partial charge on any atom is 0.271 e. The number of hydrogen-bond acceptors (Lipinski definition) is 3. The number of aryl methyl sites for hydroxylation is 1. The minimum atomic E-state index is -0.493. The van der Waals surface area contributed by atoms with E-state index in [1.807, 2.05) is 0 Å². The number of amides is 1. The third kappa shape index (κ3) is 2.32. The zero-order chi connectivity index (χ0) is 15.9. The molecule has 0 radical (unpaired) electrons. The van der Waals surface area contributed by atoms with Gasteiger partial charge in [0.2, 0.25) is 0 Å². The SMILES string of the molecule is Cc1ccc(C(=O)N2CCc3ccc([N+](=O)[O-])cc32)cc1F. The average Bonchev–Trinajstić information content (AvgIpc) is 2.92. The van der Waals surface area contributed by atoms with Crippen LogP contribution in [0.25, 0.3) is 0 Å². The van der Waals surface area contributed by atoms with Gasteiger partial charge < -0.3 is 4.90 Å². The summed E-state index contributed by atoms with van der Waals surface area (Å²) in [5, 5.41) is 10.9.